The van der Waals surface area contributed by atoms with Crippen LogP contribution >= 0.6 is 45.9 Å². The molecule has 4 rings (SSSR count). The van der Waals surface area contributed by atoms with E-state index in [2.05, 4.69) is 4.98 Å². The molecule has 1 amide bonds. The predicted molar refractivity (Wildman–Crippen MR) is 99.2 cm³/mol. The van der Waals surface area contributed by atoms with E-state index in [0.717, 1.165) is 32.0 Å². The second-order valence-electron chi connectivity index (χ2n) is 5.49. The SMILES string of the molecule is O=C(CO)N1CCc2c(sc3c(Cl)c(Cl)cc(-c4nccs4)c23)C1. The Balaban J connectivity index is 1.93. The molecule has 0 saturated carbocycles. The van der Waals surface area contributed by atoms with Crippen molar-refractivity contribution < 1.29 is 9.90 Å². The van der Waals surface area contributed by atoms with Crippen molar-refractivity contribution in [2.24, 2.45) is 0 Å². The first-order chi connectivity index (χ1) is 11.6. The number of hydrogen-bond acceptors (Lipinski definition) is 5. The van der Waals surface area contributed by atoms with Crippen LogP contribution in [0.1, 0.15) is 10.4 Å². The summed E-state index contributed by atoms with van der Waals surface area (Å²) in [6, 6.07) is 1.88. The number of thiophene rings is 1. The Morgan fingerprint density at radius 2 is 2.25 bits per heavy atom. The highest BCUT2D eigenvalue weighted by Crippen LogP contribution is 2.46. The van der Waals surface area contributed by atoms with E-state index in [9.17, 15) is 4.79 Å². The Bertz CT molecular complexity index is 938. The summed E-state index contributed by atoms with van der Waals surface area (Å²) in [6.07, 6.45) is 2.51. The van der Waals surface area contributed by atoms with Gasteiger partial charge < -0.3 is 10.0 Å². The summed E-state index contributed by atoms with van der Waals surface area (Å²) in [7, 11) is 0. The maximum Gasteiger partial charge on any atom is 0.248 e. The van der Waals surface area contributed by atoms with Crippen LogP contribution in [-0.2, 0) is 17.8 Å². The smallest absolute Gasteiger partial charge is 0.248 e. The number of carbonyl (C=O) groups is 1. The molecule has 3 aromatic rings. The molecule has 0 aliphatic carbocycles. The van der Waals surface area contributed by atoms with Crippen molar-refractivity contribution in [3.8, 4) is 10.6 Å². The number of halogens is 2. The topological polar surface area (TPSA) is 53.4 Å². The molecule has 0 radical (unpaired) electrons. The van der Waals surface area contributed by atoms with Crippen molar-refractivity contribution in [2.75, 3.05) is 13.2 Å². The minimum atomic E-state index is -0.461. The number of aromatic nitrogens is 1. The number of rotatable bonds is 2. The molecule has 0 saturated heterocycles. The highest BCUT2D eigenvalue weighted by Gasteiger charge is 2.27. The fourth-order valence-corrected chi connectivity index (χ4v) is 5.57. The van der Waals surface area contributed by atoms with Gasteiger partial charge in [-0.25, -0.2) is 4.98 Å². The van der Waals surface area contributed by atoms with Crippen LogP contribution in [0.25, 0.3) is 20.7 Å². The molecule has 24 heavy (non-hydrogen) atoms. The molecule has 0 fully saturated rings. The fourth-order valence-electron chi connectivity index (χ4n) is 3.05. The summed E-state index contributed by atoms with van der Waals surface area (Å²) in [4.78, 5) is 19.0. The first-order valence-electron chi connectivity index (χ1n) is 7.31. The van der Waals surface area contributed by atoms with Gasteiger partial charge in [0.1, 0.15) is 11.6 Å². The van der Waals surface area contributed by atoms with Crippen LogP contribution in [-0.4, -0.2) is 34.0 Å². The number of aliphatic hydroxyl groups is 1. The molecule has 1 aromatic carbocycles. The number of amides is 1. The van der Waals surface area contributed by atoms with E-state index in [-0.39, 0.29) is 5.91 Å². The van der Waals surface area contributed by atoms with Gasteiger partial charge >= 0.3 is 0 Å². The molecule has 4 nitrogen and oxygen atoms in total. The van der Waals surface area contributed by atoms with E-state index >= 15 is 0 Å². The van der Waals surface area contributed by atoms with Crippen LogP contribution in [0.4, 0.5) is 0 Å². The summed E-state index contributed by atoms with van der Waals surface area (Å²) in [5.74, 6) is -0.248. The number of fused-ring (bicyclic) bond motifs is 3. The first kappa shape index (κ1) is 16.3. The average molecular weight is 399 g/mol. The van der Waals surface area contributed by atoms with Crippen molar-refractivity contribution in [2.45, 2.75) is 13.0 Å². The maximum absolute atomic E-state index is 11.8. The number of nitrogens with zero attached hydrogens (tertiary/aromatic N) is 2. The van der Waals surface area contributed by atoms with Gasteiger partial charge in [-0.3, -0.25) is 4.79 Å². The van der Waals surface area contributed by atoms with E-state index in [1.807, 2.05) is 11.4 Å². The van der Waals surface area contributed by atoms with Crippen molar-refractivity contribution >= 4 is 61.9 Å². The largest absolute Gasteiger partial charge is 0.387 e. The minimum absolute atomic E-state index is 0.248. The van der Waals surface area contributed by atoms with E-state index in [1.165, 1.54) is 5.56 Å². The van der Waals surface area contributed by atoms with Crippen LogP contribution < -0.4 is 0 Å². The molecule has 0 atom stereocenters. The summed E-state index contributed by atoms with van der Waals surface area (Å²) in [6.45, 7) is 0.631. The van der Waals surface area contributed by atoms with Gasteiger partial charge in [0.15, 0.2) is 0 Å². The average Bonchev–Trinajstić information content (AvgIpc) is 3.24. The van der Waals surface area contributed by atoms with Crippen LogP contribution in [0.2, 0.25) is 10.0 Å². The highest BCUT2D eigenvalue weighted by atomic mass is 35.5. The zero-order chi connectivity index (χ0) is 16.8. The molecule has 0 spiro atoms. The molecule has 0 unspecified atom stereocenters. The van der Waals surface area contributed by atoms with Crippen molar-refractivity contribution in [1.29, 1.82) is 0 Å². The van der Waals surface area contributed by atoms with Gasteiger partial charge in [-0.15, -0.1) is 22.7 Å². The fraction of sp³-hybridized carbons (Fsp3) is 0.250. The van der Waals surface area contributed by atoms with Crippen molar-refractivity contribution in [3.05, 3.63) is 38.1 Å². The van der Waals surface area contributed by atoms with Crippen LogP contribution in [0.5, 0.6) is 0 Å². The van der Waals surface area contributed by atoms with Crippen molar-refractivity contribution in [3.63, 3.8) is 0 Å². The molecule has 124 valence electrons. The molecule has 2 aromatic heterocycles. The van der Waals surface area contributed by atoms with Crippen molar-refractivity contribution in [1.82, 2.24) is 9.88 Å². The number of aliphatic hydroxyl groups excluding tert-OH is 1. The van der Waals surface area contributed by atoms with Gasteiger partial charge in [-0.1, -0.05) is 23.2 Å². The van der Waals surface area contributed by atoms with Crippen LogP contribution in [0.3, 0.4) is 0 Å². The Morgan fingerprint density at radius 1 is 1.42 bits per heavy atom. The van der Waals surface area contributed by atoms with Gasteiger partial charge in [0.25, 0.3) is 0 Å². The van der Waals surface area contributed by atoms with Gasteiger partial charge in [0.05, 0.1) is 21.3 Å². The molecule has 0 bridgehead atoms. The molecular formula is C16H12Cl2N2O2S2. The summed E-state index contributed by atoms with van der Waals surface area (Å²) >= 11 is 15.9. The van der Waals surface area contributed by atoms with E-state index in [1.54, 1.807) is 33.8 Å². The lowest BCUT2D eigenvalue weighted by atomic mass is 9.99. The summed E-state index contributed by atoms with van der Waals surface area (Å²) < 4.78 is 0.942. The third-order valence-corrected chi connectivity index (χ3v) is 7.10. The molecule has 1 N–H and O–H groups in total. The number of hydrogen-bond donors (Lipinski definition) is 1. The molecule has 1 aliphatic rings. The Morgan fingerprint density at radius 3 is 2.96 bits per heavy atom. The minimum Gasteiger partial charge on any atom is -0.387 e. The number of thiazole rings is 1. The Labute approximate surface area is 156 Å². The molecule has 3 heterocycles. The highest BCUT2D eigenvalue weighted by molar-refractivity contribution is 7.20. The Hall–Kier alpha value is -1.18. The van der Waals surface area contributed by atoms with Crippen LogP contribution in [0.15, 0.2) is 17.6 Å². The zero-order valence-corrected chi connectivity index (χ0v) is 15.5. The third-order valence-electron chi connectivity index (χ3n) is 4.16. The lowest BCUT2D eigenvalue weighted by Crippen LogP contribution is -2.37. The second kappa shape index (κ2) is 6.28. The molecular weight excluding hydrogens is 387 g/mol. The molecule has 1 aliphatic heterocycles. The molecule has 8 heteroatoms. The maximum atomic E-state index is 11.8. The second-order valence-corrected chi connectivity index (χ2v) is 8.27. The predicted octanol–water partition coefficient (Wildman–Crippen LogP) is 4.21. The van der Waals surface area contributed by atoms with E-state index in [0.29, 0.717) is 23.1 Å². The zero-order valence-electron chi connectivity index (χ0n) is 12.4. The monoisotopic (exact) mass is 398 g/mol. The van der Waals surface area contributed by atoms with Gasteiger partial charge in [-0.05, 0) is 18.1 Å². The third kappa shape index (κ3) is 2.53. The van der Waals surface area contributed by atoms with Gasteiger partial charge in [0, 0.05) is 33.9 Å². The van der Waals surface area contributed by atoms with Crippen LogP contribution in [0, 0.1) is 0 Å². The van der Waals surface area contributed by atoms with Gasteiger partial charge in [-0.2, -0.15) is 0 Å². The number of benzene rings is 1. The summed E-state index contributed by atoms with van der Waals surface area (Å²) in [5, 5.41) is 14.1. The normalized spacial score (nSPS) is 14.2. The van der Waals surface area contributed by atoms with E-state index in [4.69, 9.17) is 28.3 Å². The Kier molecular flexibility index (Phi) is 4.26. The first-order valence-corrected chi connectivity index (χ1v) is 9.76. The quantitative estimate of drug-likeness (QED) is 0.703. The number of carbonyl (C=O) groups excluding carboxylic acids is 1. The lowest BCUT2D eigenvalue weighted by molar-refractivity contribution is -0.135. The van der Waals surface area contributed by atoms with Gasteiger partial charge in [0.2, 0.25) is 5.91 Å². The van der Waals surface area contributed by atoms with E-state index < -0.39 is 6.61 Å². The lowest BCUT2D eigenvalue weighted by Gasteiger charge is -2.26. The summed E-state index contributed by atoms with van der Waals surface area (Å²) in [5.41, 5.74) is 2.20. The standard InChI is InChI=1S/C16H12Cl2N2O2S2/c17-10-5-9(16-19-2-4-23-16)13-8-1-3-20(12(22)7-21)6-11(8)24-15(13)14(10)18/h2,4-5,21H,1,3,6-7H2.